The van der Waals surface area contributed by atoms with Gasteiger partial charge in [-0.25, -0.2) is 15.6 Å². The zero-order valence-corrected chi connectivity index (χ0v) is 13.9. The summed E-state index contributed by atoms with van der Waals surface area (Å²) in [6.07, 6.45) is 1.01. The van der Waals surface area contributed by atoms with Gasteiger partial charge in [0, 0.05) is 16.8 Å². The Morgan fingerprint density at radius 3 is 2.65 bits per heavy atom. The number of hydrogen-bond donors (Lipinski definition) is 4. The van der Waals surface area contributed by atoms with Gasteiger partial charge in [-0.2, -0.15) is 11.8 Å². The van der Waals surface area contributed by atoms with Crippen LogP contribution in [0.25, 0.3) is 0 Å². The summed E-state index contributed by atoms with van der Waals surface area (Å²) < 4.78 is 0. The Kier molecular flexibility index (Phi) is 4.82. The molecule has 6 nitrogen and oxygen atoms in total. The van der Waals surface area contributed by atoms with E-state index in [-0.39, 0.29) is 11.9 Å². The molecule has 0 bridgehead atoms. The lowest BCUT2D eigenvalue weighted by Gasteiger charge is -2.26. The van der Waals surface area contributed by atoms with Crippen LogP contribution in [0.2, 0.25) is 5.02 Å². The first-order valence-electron chi connectivity index (χ1n) is 7.40. The van der Waals surface area contributed by atoms with Crippen molar-refractivity contribution in [1.82, 2.24) is 16.2 Å². The van der Waals surface area contributed by atoms with Crippen LogP contribution in [-0.2, 0) is 9.59 Å². The van der Waals surface area contributed by atoms with Gasteiger partial charge in [-0.15, -0.1) is 0 Å². The number of carboxylic acids is 1. The Bertz CT molecular complexity index is 604. The second-order valence-corrected chi connectivity index (χ2v) is 7.40. The van der Waals surface area contributed by atoms with Crippen LogP contribution >= 0.6 is 23.4 Å². The van der Waals surface area contributed by atoms with Crippen LogP contribution in [0, 0.1) is 0 Å². The van der Waals surface area contributed by atoms with Crippen molar-refractivity contribution in [1.29, 1.82) is 0 Å². The molecule has 1 amide bonds. The Labute approximate surface area is 143 Å². The van der Waals surface area contributed by atoms with Crippen LogP contribution in [0.1, 0.15) is 24.4 Å². The smallest absolute Gasteiger partial charge is 0.330 e. The number of halogens is 1. The Morgan fingerprint density at radius 2 is 2.04 bits per heavy atom. The second kappa shape index (κ2) is 6.68. The van der Waals surface area contributed by atoms with Gasteiger partial charge in [-0.05, 0) is 36.3 Å². The number of amides is 1. The zero-order valence-electron chi connectivity index (χ0n) is 12.3. The summed E-state index contributed by atoms with van der Waals surface area (Å²) in [5.41, 5.74) is 5.93. The third-order valence-corrected chi connectivity index (χ3v) is 5.73. The highest BCUT2D eigenvalue weighted by molar-refractivity contribution is 7.99. The highest BCUT2D eigenvalue weighted by atomic mass is 35.5. The normalized spacial score (nSPS) is 30.3. The molecule has 2 heterocycles. The van der Waals surface area contributed by atoms with E-state index in [0.29, 0.717) is 23.6 Å². The van der Waals surface area contributed by atoms with E-state index in [4.69, 9.17) is 11.6 Å². The number of carbonyl (C=O) groups excluding carboxylic acids is 1. The lowest BCUT2D eigenvalue weighted by molar-refractivity contribution is -0.146. The molecule has 0 radical (unpaired) electrons. The van der Waals surface area contributed by atoms with E-state index in [0.717, 1.165) is 11.3 Å². The largest absolute Gasteiger partial charge is 0.479 e. The minimum absolute atomic E-state index is 0.0123. The summed E-state index contributed by atoms with van der Waals surface area (Å²) in [6.45, 7) is 0. The van der Waals surface area contributed by atoms with Gasteiger partial charge in [0.25, 0.3) is 0 Å². The molecule has 0 aliphatic carbocycles. The molecule has 124 valence electrons. The van der Waals surface area contributed by atoms with E-state index in [9.17, 15) is 14.7 Å². The fourth-order valence-electron chi connectivity index (χ4n) is 2.85. The summed E-state index contributed by atoms with van der Waals surface area (Å²) in [5.74, 6) is -0.0829. The fraction of sp³-hybridized carbons (Fsp3) is 0.467. The molecule has 2 aliphatic heterocycles. The van der Waals surface area contributed by atoms with Gasteiger partial charge in [0.15, 0.2) is 0 Å². The van der Waals surface area contributed by atoms with Gasteiger partial charge in [-0.3, -0.25) is 4.79 Å². The molecule has 0 spiro atoms. The molecule has 3 atom stereocenters. The first-order chi connectivity index (χ1) is 11.0. The topological polar surface area (TPSA) is 90.5 Å². The van der Waals surface area contributed by atoms with Crippen LogP contribution < -0.4 is 16.2 Å². The van der Waals surface area contributed by atoms with E-state index < -0.39 is 17.6 Å². The van der Waals surface area contributed by atoms with Crippen molar-refractivity contribution >= 4 is 35.2 Å². The summed E-state index contributed by atoms with van der Waals surface area (Å²) >= 11 is 7.43. The number of thioether (sulfide) groups is 1. The molecule has 2 saturated heterocycles. The molecule has 1 aromatic carbocycles. The SMILES string of the molecule is O=C(NC1(C(=O)O)CCSC1)C1CC(c2ccc(Cl)cc2)NN1. The van der Waals surface area contributed by atoms with Crippen LogP contribution in [-0.4, -0.2) is 40.1 Å². The van der Waals surface area contributed by atoms with E-state index in [1.54, 1.807) is 23.9 Å². The minimum atomic E-state index is -1.14. The second-order valence-electron chi connectivity index (χ2n) is 5.86. The number of carbonyl (C=O) groups is 2. The number of hydrogen-bond acceptors (Lipinski definition) is 5. The maximum Gasteiger partial charge on any atom is 0.330 e. The Morgan fingerprint density at radius 1 is 1.30 bits per heavy atom. The predicted octanol–water partition coefficient (Wildman–Crippen LogP) is 1.32. The minimum Gasteiger partial charge on any atom is -0.479 e. The number of hydrazine groups is 1. The highest BCUT2D eigenvalue weighted by Crippen LogP contribution is 2.29. The average molecular weight is 356 g/mol. The number of nitrogens with one attached hydrogen (secondary N) is 3. The summed E-state index contributed by atoms with van der Waals surface area (Å²) in [6, 6.07) is 6.96. The number of aliphatic carboxylic acids is 1. The highest BCUT2D eigenvalue weighted by Gasteiger charge is 2.45. The van der Waals surface area contributed by atoms with Gasteiger partial charge < -0.3 is 10.4 Å². The van der Waals surface area contributed by atoms with Gasteiger partial charge >= 0.3 is 5.97 Å². The molecule has 1 aromatic rings. The maximum absolute atomic E-state index is 12.4. The molecule has 2 fully saturated rings. The lowest BCUT2D eigenvalue weighted by atomic mass is 9.97. The van der Waals surface area contributed by atoms with E-state index in [2.05, 4.69) is 16.2 Å². The quantitative estimate of drug-likeness (QED) is 0.651. The van der Waals surface area contributed by atoms with Crippen molar-refractivity contribution in [3.63, 3.8) is 0 Å². The number of rotatable bonds is 4. The molecule has 4 N–H and O–H groups in total. The maximum atomic E-state index is 12.4. The summed E-state index contributed by atoms with van der Waals surface area (Å²) in [7, 11) is 0. The molecule has 23 heavy (non-hydrogen) atoms. The lowest BCUT2D eigenvalue weighted by Crippen LogP contribution is -2.58. The van der Waals surface area contributed by atoms with Crippen molar-refractivity contribution in [2.45, 2.75) is 30.5 Å². The third-order valence-electron chi connectivity index (χ3n) is 4.29. The van der Waals surface area contributed by atoms with Crippen molar-refractivity contribution in [3.05, 3.63) is 34.9 Å². The molecular weight excluding hydrogens is 338 g/mol. The van der Waals surface area contributed by atoms with Crippen molar-refractivity contribution in [3.8, 4) is 0 Å². The van der Waals surface area contributed by atoms with E-state index >= 15 is 0 Å². The number of benzene rings is 1. The monoisotopic (exact) mass is 355 g/mol. The summed E-state index contributed by atoms with van der Waals surface area (Å²) in [5, 5.41) is 12.8. The molecule has 0 aromatic heterocycles. The van der Waals surface area contributed by atoms with E-state index in [1.807, 2.05) is 12.1 Å². The Balaban J connectivity index is 1.63. The van der Waals surface area contributed by atoms with Crippen molar-refractivity contribution in [2.24, 2.45) is 0 Å². The van der Waals surface area contributed by atoms with Crippen LogP contribution in [0.5, 0.6) is 0 Å². The molecule has 8 heteroatoms. The number of carboxylic acid groups (broad SMARTS) is 1. The van der Waals surface area contributed by atoms with E-state index in [1.165, 1.54) is 0 Å². The average Bonchev–Trinajstić information content (AvgIpc) is 3.17. The van der Waals surface area contributed by atoms with Crippen LogP contribution in [0.4, 0.5) is 0 Å². The standard InChI is InChI=1S/C15H18ClN3O3S/c16-10-3-1-9(2-4-10)11-7-12(19-18-11)13(20)17-15(14(21)22)5-6-23-8-15/h1-4,11-12,18-19H,5-8H2,(H,17,20)(H,21,22). The van der Waals surface area contributed by atoms with Gasteiger partial charge in [0.05, 0.1) is 0 Å². The molecule has 2 aliphatic rings. The van der Waals surface area contributed by atoms with Crippen LogP contribution in [0.3, 0.4) is 0 Å². The first kappa shape index (κ1) is 16.6. The molecular formula is C15H18ClN3O3S. The zero-order chi connectivity index (χ0) is 16.4. The van der Waals surface area contributed by atoms with Gasteiger partial charge in [0.1, 0.15) is 11.6 Å². The van der Waals surface area contributed by atoms with Crippen molar-refractivity contribution in [2.75, 3.05) is 11.5 Å². The first-order valence-corrected chi connectivity index (χ1v) is 8.93. The third kappa shape index (κ3) is 3.47. The predicted molar refractivity (Wildman–Crippen MR) is 89.3 cm³/mol. The van der Waals surface area contributed by atoms with Crippen LogP contribution in [0.15, 0.2) is 24.3 Å². The molecule has 3 unspecified atom stereocenters. The summed E-state index contributed by atoms with van der Waals surface area (Å²) in [4.78, 5) is 23.9. The van der Waals surface area contributed by atoms with Crippen molar-refractivity contribution < 1.29 is 14.7 Å². The fourth-order valence-corrected chi connectivity index (χ4v) is 4.30. The molecule has 0 saturated carbocycles. The Hall–Kier alpha value is -1.28. The van der Waals surface area contributed by atoms with Gasteiger partial charge in [0.2, 0.25) is 5.91 Å². The molecule has 3 rings (SSSR count). The van der Waals surface area contributed by atoms with Gasteiger partial charge in [-0.1, -0.05) is 23.7 Å².